The Bertz CT molecular complexity index is 465. The minimum absolute atomic E-state index is 0.169. The predicted molar refractivity (Wildman–Crippen MR) is 68.5 cm³/mol. The van der Waals surface area contributed by atoms with Gasteiger partial charge in [0.25, 0.3) is 0 Å². The molecule has 0 bridgehead atoms. The van der Waals surface area contributed by atoms with Crippen LogP contribution in [0.2, 0.25) is 0 Å². The Kier molecular flexibility index (Phi) is 3.85. The number of anilines is 1. The highest BCUT2D eigenvalue weighted by atomic mass is 32.2. The van der Waals surface area contributed by atoms with Gasteiger partial charge in [0.1, 0.15) is 0 Å². The van der Waals surface area contributed by atoms with Crippen LogP contribution in [0.15, 0.2) is 17.1 Å². The summed E-state index contributed by atoms with van der Waals surface area (Å²) in [7, 11) is 0. The number of nitrogens with zero attached hydrogens (tertiary/aromatic N) is 1. The molecule has 1 aromatic carbocycles. The van der Waals surface area contributed by atoms with Crippen LogP contribution in [0.25, 0.3) is 0 Å². The molecule has 1 N–H and O–H groups in total. The minimum Gasteiger partial charge on any atom is -0.335 e. The average Bonchev–Trinajstić information content (AvgIpc) is 2.74. The zero-order valence-corrected chi connectivity index (χ0v) is 10.8. The van der Waals surface area contributed by atoms with E-state index in [1.54, 1.807) is 0 Å². The topological polar surface area (TPSA) is 24.4 Å². The highest BCUT2D eigenvalue weighted by molar-refractivity contribution is 8.15. The summed E-state index contributed by atoms with van der Waals surface area (Å²) in [6.07, 6.45) is 0. The fourth-order valence-corrected chi connectivity index (χ4v) is 2.59. The number of thioether (sulfide) groups is 1. The van der Waals surface area contributed by atoms with E-state index in [0.29, 0.717) is 22.9 Å². The maximum absolute atomic E-state index is 13.0. The lowest BCUT2D eigenvalue weighted by atomic mass is 10.1. The molecular weight excluding hydrogens is 261 g/mol. The van der Waals surface area contributed by atoms with Crippen LogP contribution in [0.5, 0.6) is 0 Å². The van der Waals surface area contributed by atoms with E-state index in [-0.39, 0.29) is 5.69 Å². The Morgan fingerprint density at radius 1 is 1.28 bits per heavy atom. The van der Waals surface area contributed by atoms with Gasteiger partial charge in [0.2, 0.25) is 0 Å². The first-order valence-corrected chi connectivity index (χ1v) is 6.48. The molecule has 2 nitrogen and oxygen atoms in total. The first kappa shape index (κ1) is 13.3. The predicted octanol–water partition coefficient (Wildman–Crippen LogP) is 3.64. The van der Waals surface area contributed by atoms with E-state index in [4.69, 9.17) is 0 Å². The third-order valence-corrected chi connectivity index (χ3v) is 4.11. The molecule has 0 amide bonds. The monoisotopic (exact) mass is 274 g/mol. The van der Waals surface area contributed by atoms with Crippen LogP contribution in [-0.2, 0) is 0 Å². The van der Waals surface area contributed by atoms with Gasteiger partial charge in [-0.2, -0.15) is 0 Å². The van der Waals surface area contributed by atoms with Crippen molar-refractivity contribution in [3.05, 3.63) is 29.6 Å². The summed E-state index contributed by atoms with van der Waals surface area (Å²) in [6, 6.07) is 1.84. The van der Waals surface area contributed by atoms with Crippen molar-refractivity contribution in [2.45, 2.75) is 19.1 Å². The molecule has 1 heterocycles. The number of nitrogens with one attached hydrogen (secondary N) is 1. The second-order valence-electron chi connectivity index (χ2n) is 4.43. The van der Waals surface area contributed by atoms with Gasteiger partial charge in [0.05, 0.1) is 6.54 Å². The summed E-state index contributed by atoms with van der Waals surface area (Å²) in [4.78, 5) is 4.25. The minimum atomic E-state index is -1.46. The Balaban J connectivity index is 2.07. The van der Waals surface area contributed by atoms with Crippen molar-refractivity contribution >= 4 is 22.6 Å². The molecule has 1 aliphatic heterocycles. The molecule has 0 fully saturated rings. The summed E-state index contributed by atoms with van der Waals surface area (Å²) in [6.45, 7) is 4.86. The third-order valence-electron chi connectivity index (χ3n) is 2.66. The fourth-order valence-electron chi connectivity index (χ4n) is 1.56. The van der Waals surface area contributed by atoms with Gasteiger partial charge < -0.3 is 5.32 Å². The first-order valence-electron chi connectivity index (χ1n) is 5.60. The van der Waals surface area contributed by atoms with Gasteiger partial charge in [-0.3, -0.25) is 4.99 Å². The van der Waals surface area contributed by atoms with E-state index in [0.717, 1.165) is 12.1 Å². The Morgan fingerprint density at radius 3 is 2.39 bits per heavy atom. The zero-order valence-electron chi connectivity index (χ0n) is 10.0. The van der Waals surface area contributed by atoms with Crippen molar-refractivity contribution in [3.8, 4) is 0 Å². The molecule has 0 saturated heterocycles. The van der Waals surface area contributed by atoms with Gasteiger partial charge in [0.15, 0.2) is 22.6 Å². The maximum atomic E-state index is 13.0. The van der Waals surface area contributed by atoms with Crippen LogP contribution in [-0.4, -0.2) is 17.0 Å². The standard InChI is InChI=1S/C12H13F3N2S/c1-6(2)10-5-16-12(18-10)17-7-3-8(13)11(15)9(14)4-7/h3-4,6,10H,5H2,1-2H3,(H,16,17). The van der Waals surface area contributed by atoms with Crippen LogP contribution in [0, 0.1) is 23.4 Å². The van der Waals surface area contributed by atoms with E-state index in [1.165, 1.54) is 11.8 Å². The molecule has 1 aromatic rings. The van der Waals surface area contributed by atoms with Crippen LogP contribution >= 0.6 is 11.8 Å². The van der Waals surface area contributed by atoms with Crippen molar-refractivity contribution in [3.63, 3.8) is 0 Å². The van der Waals surface area contributed by atoms with E-state index >= 15 is 0 Å². The zero-order chi connectivity index (χ0) is 13.3. The van der Waals surface area contributed by atoms with Crippen LogP contribution < -0.4 is 5.32 Å². The van der Waals surface area contributed by atoms with Crippen LogP contribution in [0.1, 0.15) is 13.8 Å². The molecule has 0 radical (unpaired) electrons. The lowest BCUT2D eigenvalue weighted by Gasteiger charge is -2.12. The Labute approximate surface area is 108 Å². The van der Waals surface area contributed by atoms with Crippen LogP contribution in [0.3, 0.4) is 0 Å². The molecule has 6 heteroatoms. The normalized spacial score (nSPS) is 19.2. The molecular formula is C12H13F3N2S. The SMILES string of the molecule is CC(C)C1CN=C(Nc2cc(F)c(F)c(F)c2)S1. The third kappa shape index (κ3) is 2.80. The maximum Gasteiger partial charge on any atom is 0.194 e. The van der Waals surface area contributed by atoms with Crippen molar-refractivity contribution < 1.29 is 13.2 Å². The molecule has 1 unspecified atom stereocenters. The number of hydrogen-bond donors (Lipinski definition) is 1. The average molecular weight is 274 g/mol. The largest absolute Gasteiger partial charge is 0.335 e. The number of rotatable bonds is 2. The van der Waals surface area contributed by atoms with Gasteiger partial charge in [-0.05, 0) is 5.92 Å². The molecule has 0 saturated carbocycles. The first-order chi connectivity index (χ1) is 8.47. The highest BCUT2D eigenvalue weighted by Crippen LogP contribution is 2.28. The van der Waals surface area contributed by atoms with Crippen molar-refractivity contribution in [1.82, 2.24) is 0 Å². The molecule has 0 aromatic heterocycles. The van der Waals surface area contributed by atoms with E-state index in [9.17, 15) is 13.2 Å². The molecule has 1 aliphatic rings. The smallest absolute Gasteiger partial charge is 0.194 e. The molecule has 0 spiro atoms. The van der Waals surface area contributed by atoms with E-state index in [1.807, 2.05) is 0 Å². The highest BCUT2D eigenvalue weighted by Gasteiger charge is 2.23. The number of halogens is 3. The second-order valence-corrected chi connectivity index (χ2v) is 5.65. The van der Waals surface area contributed by atoms with Crippen molar-refractivity contribution in [2.24, 2.45) is 10.9 Å². The van der Waals surface area contributed by atoms with Gasteiger partial charge in [-0.25, -0.2) is 13.2 Å². The number of amidine groups is 1. The second kappa shape index (κ2) is 5.22. The molecule has 1 atom stereocenters. The van der Waals surface area contributed by atoms with Gasteiger partial charge in [0, 0.05) is 23.1 Å². The lowest BCUT2D eigenvalue weighted by Crippen LogP contribution is -2.13. The summed E-state index contributed by atoms with van der Waals surface area (Å²) >= 11 is 1.53. The molecule has 98 valence electrons. The van der Waals surface area contributed by atoms with Crippen molar-refractivity contribution in [1.29, 1.82) is 0 Å². The lowest BCUT2D eigenvalue weighted by molar-refractivity contribution is 0.448. The fraction of sp³-hybridized carbons (Fsp3) is 0.417. The number of benzene rings is 1. The Morgan fingerprint density at radius 2 is 1.89 bits per heavy atom. The molecule has 18 heavy (non-hydrogen) atoms. The van der Waals surface area contributed by atoms with Gasteiger partial charge in [-0.1, -0.05) is 25.6 Å². The number of aliphatic imine (C=N–C) groups is 1. The molecule has 2 rings (SSSR count). The number of hydrogen-bond acceptors (Lipinski definition) is 3. The van der Waals surface area contributed by atoms with E-state index in [2.05, 4.69) is 24.2 Å². The quantitative estimate of drug-likeness (QED) is 0.833. The van der Waals surface area contributed by atoms with E-state index < -0.39 is 17.5 Å². The molecule has 0 aliphatic carbocycles. The summed E-state index contributed by atoms with van der Waals surface area (Å²) in [5, 5.41) is 3.77. The van der Waals surface area contributed by atoms with Gasteiger partial charge >= 0.3 is 0 Å². The van der Waals surface area contributed by atoms with Crippen LogP contribution in [0.4, 0.5) is 18.9 Å². The summed E-state index contributed by atoms with van der Waals surface area (Å²) in [5.74, 6) is -3.40. The Hall–Kier alpha value is -1.17. The van der Waals surface area contributed by atoms with Crippen molar-refractivity contribution in [2.75, 3.05) is 11.9 Å². The summed E-state index contributed by atoms with van der Waals surface area (Å²) in [5.41, 5.74) is 0.169. The van der Waals surface area contributed by atoms with Gasteiger partial charge in [-0.15, -0.1) is 0 Å². The summed E-state index contributed by atoms with van der Waals surface area (Å²) < 4.78 is 38.8.